The third kappa shape index (κ3) is 3.84. The Morgan fingerprint density at radius 2 is 1.93 bits per heavy atom. The molecule has 2 N–H and O–H groups in total. The molecule has 1 aromatic heterocycles. The van der Waals surface area contributed by atoms with Gasteiger partial charge in [-0.1, -0.05) is 12.1 Å². The number of rotatable bonds is 4. The number of carbonyl (C=O) groups is 2. The first kappa shape index (κ1) is 18.0. The Kier molecular flexibility index (Phi) is 4.88. The SMILES string of the molecule is Cc1ccc(CN2CCN3C(=O)[C@@H](Cc4ccc(O)cc4)NC(=O)[C@H]3C2)s1. The first-order chi connectivity index (χ1) is 13.0. The predicted octanol–water partition coefficient (Wildman–Crippen LogP) is 1.52. The fraction of sp³-hybridized carbons (Fsp3) is 0.400. The predicted molar refractivity (Wildman–Crippen MR) is 104 cm³/mol. The number of phenolic OH excluding ortho intramolecular Hbond substituents is 1. The zero-order chi connectivity index (χ0) is 19.0. The summed E-state index contributed by atoms with van der Waals surface area (Å²) in [6, 6.07) is 10.0. The molecule has 2 amide bonds. The van der Waals surface area contributed by atoms with Crippen molar-refractivity contribution < 1.29 is 14.7 Å². The number of aromatic hydroxyl groups is 1. The highest BCUT2D eigenvalue weighted by Crippen LogP contribution is 2.22. The van der Waals surface area contributed by atoms with Gasteiger partial charge in [0, 0.05) is 42.4 Å². The number of benzene rings is 1. The van der Waals surface area contributed by atoms with E-state index in [0.717, 1.165) is 18.7 Å². The standard InChI is InChI=1S/C20H23N3O3S/c1-13-2-7-16(27-13)11-22-8-9-23-18(12-22)19(25)21-17(20(23)26)10-14-3-5-15(24)6-4-14/h2-7,17-18,24H,8-12H2,1H3,(H,21,25)/t17-,18-/m1/s1. The smallest absolute Gasteiger partial charge is 0.246 e. The lowest BCUT2D eigenvalue weighted by molar-refractivity contribution is -0.153. The molecule has 2 aromatic rings. The van der Waals surface area contributed by atoms with Crippen molar-refractivity contribution in [1.82, 2.24) is 15.1 Å². The molecule has 2 fully saturated rings. The van der Waals surface area contributed by atoms with E-state index in [-0.39, 0.29) is 17.6 Å². The Morgan fingerprint density at radius 1 is 1.15 bits per heavy atom. The zero-order valence-electron chi connectivity index (χ0n) is 15.2. The molecule has 0 saturated carbocycles. The van der Waals surface area contributed by atoms with E-state index in [4.69, 9.17) is 0 Å². The van der Waals surface area contributed by atoms with Gasteiger partial charge in [-0.05, 0) is 36.8 Å². The van der Waals surface area contributed by atoms with Crippen LogP contribution in [0.2, 0.25) is 0 Å². The molecule has 0 spiro atoms. The maximum atomic E-state index is 12.9. The van der Waals surface area contributed by atoms with E-state index in [0.29, 0.717) is 19.5 Å². The van der Waals surface area contributed by atoms with Crippen molar-refractivity contribution in [2.24, 2.45) is 0 Å². The molecule has 0 unspecified atom stereocenters. The number of fused-ring (bicyclic) bond motifs is 1. The Morgan fingerprint density at radius 3 is 2.63 bits per heavy atom. The second-order valence-electron chi connectivity index (χ2n) is 7.23. The first-order valence-electron chi connectivity index (χ1n) is 9.16. The molecule has 0 bridgehead atoms. The number of carbonyl (C=O) groups excluding carboxylic acids is 2. The first-order valence-corrected chi connectivity index (χ1v) is 9.97. The molecule has 2 aliphatic heterocycles. The Bertz CT molecular complexity index is 848. The number of thiophene rings is 1. The minimum atomic E-state index is -0.537. The summed E-state index contributed by atoms with van der Waals surface area (Å²) < 4.78 is 0. The van der Waals surface area contributed by atoms with Crippen molar-refractivity contribution in [2.45, 2.75) is 32.0 Å². The number of piperazine rings is 2. The molecule has 2 aliphatic rings. The molecule has 0 aliphatic carbocycles. The summed E-state index contributed by atoms with van der Waals surface area (Å²) in [6.07, 6.45) is 0.437. The van der Waals surface area contributed by atoms with Crippen LogP contribution >= 0.6 is 11.3 Å². The molecule has 7 heteroatoms. The molecule has 3 heterocycles. The van der Waals surface area contributed by atoms with E-state index in [1.54, 1.807) is 40.5 Å². The summed E-state index contributed by atoms with van der Waals surface area (Å²) in [6.45, 7) is 4.83. The van der Waals surface area contributed by atoms with Crippen molar-refractivity contribution in [3.05, 3.63) is 51.7 Å². The van der Waals surface area contributed by atoms with Crippen LogP contribution in [0.4, 0.5) is 0 Å². The van der Waals surface area contributed by atoms with Gasteiger partial charge in [0.15, 0.2) is 0 Å². The van der Waals surface area contributed by atoms with Gasteiger partial charge in [-0.3, -0.25) is 14.5 Å². The summed E-state index contributed by atoms with van der Waals surface area (Å²) in [5, 5.41) is 12.3. The van der Waals surface area contributed by atoms with E-state index >= 15 is 0 Å². The van der Waals surface area contributed by atoms with Gasteiger partial charge in [0.1, 0.15) is 17.8 Å². The summed E-state index contributed by atoms with van der Waals surface area (Å²) >= 11 is 1.77. The van der Waals surface area contributed by atoms with Crippen LogP contribution in [0, 0.1) is 6.92 Å². The van der Waals surface area contributed by atoms with Gasteiger partial charge in [0.25, 0.3) is 0 Å². The van der Waals surface area contributed by atoms with Gasteiger partial charge in [0.05, 0.1) is 0 Å². The average molecular weight is 385 g/mol. The molecule has 0 radical (unpaired) electrons. The van der Waals surface area contributed by atoms with Crippen LogP contribution in [-0.2, 0) is 22.6 Å². The number of phenols is 1. The summed E-state index contributed by atoms with van der Waals surface area (Å²) in [7, 11) is 0. The maximum Gasteiger partial charge on any atom is 0.246 e. The van der Waals surface area contributed by atoms with Gasteiger partial charge in [-0.15, -0.1) is 11.3 Å². The second kappa shape index (κ2) is 7.32. The van der Waals surface area contributed by atoms with Crippen LogP contribution in [0.1, 0.15) is 15.3 Å². The van der Waals surface area contributed by atoms with E-state index in [1.807, 2.05) is 0 Å². The Labute approximate surface area is 162 Å². The molecule has 27 heavy (non-hydrogen) atoms. The van der Waals surface area contributed by atoms with E-state index < -0.39 is 12.1 Å². The highest BCUT2D eigenvalue weighted by molar-refractivity contribution is 7.11. The molecule has 1 aromatic carbocycles. The lowest BCUT2D eigenvalue weighted by atomic mass is 9.98. The van der Waals surface area contributed by atoms with Crippen LogP contribution in [-0.4, -0.2) is 58.4 Å². The van der Waals surface area contributed by atoms with Crippen LogP contribution < -0.4 is 5.32 Å². The van der Waals surface area contributed by atoms with Crippen LogP contribution in [0.25, 0.3) is 0 Å². The van der Waals surface area contributed by atoms with Crippen molar-refractivity contribution in [3.8, 4) is 5.75 Å². The second-order valence-corrected chi connectivity index (χ2v) is 8.60. The van der Waals surface area contributed by atoms with Crippen molar-refractivity contribution in [1.29, 1.82) is 0 Å². The Hall–Kier alpha value is -2.38. The third-order valence-electron chi connectivity index (χ3n) is 5.22. The highest BCUT2D eigenvalue weighted by atomic mass is 32.1. The van der Waals surface area contributed by atoms with Gasteiger partial charge in [0.2, 0.25) is 11.8 Å². The highest BCUT2D eigenvalue weighted by Gasteiger charge is 2.43. The summed E-state index contributed by atoms with van der Waals surface area (Å²) in [4.78, 5) is 32.1. The summed E-state index contributed by atoms with van der Waals surface area (Å²) in [5.41, 5.74) is 0.914. The number of hydrogen-bond donors (Lipinski definition) is 2. The zero-order valence-corrected chi connectivity index (χ0v) is 16.0. The average Bonchev–Trinajstić information content (AvgIpc) is 3.06. The lowest BCUT2D eigenvalue weighted by Crippen LogP contribution is -2.69. The number of amides is 2. The van der Waals surface area contributed by atoms with Gasteiger partial charge in [-0.25, -0.2) is 0 Å². The molecule has 142 valence electrons. The number of hydrogen-bond acceptors (Lipinski definition) is 5. The molecule has 4 rings (SSSR count). The van der Waals surface area contributed by atoms with Crippen molar-refractivity contribution in [2.75, 3.05) is 19.6 Å². The molecular formula is C20H23N3O3S. The minimum absolute atomic E-state index is 0.0145. The third-order valence-corrected chi connectivity index (χ3v) is 6.20. The van der Waals surface area contributed by atoms with Gasteiger partial charge >= 0.3 is 0 Å². The Balaban J connectivity index is 1.41. The summed E-state index contributed by atoms with van der Waals surface area (Å²) in [5.74, 6) is 0.0969. The topological polar surface area (TPSA) is 72.9 Å². The van der Waals surface area contributed by atoms with Crippen LogP contribution in [0.15, 0.2) is 36.4 Å². The minimum Gasteiger partial charge on any atom is -0.508 e. The lowest BCUT2D eigenvalue weighted by Gasteiger charge is -2.45. The van der Waals surface area contributed by atoms with Gasteiger partial charge < -0.3 is 15.3 Å². The fourth-order valence-corrected chi connectivity index (χ4v) is 4.73. The number of nitrogens with zero attached hydrogens (tertiary/aromatic N) is 2. The van der Waals surface area contributed by atoms with E-state index in [9.17, 15) is 14.7 Å². The number of aryl methyl sites for hydroxylation is 1. The monoisotopic (exact) mass is 385 g/mol. The quantitative estimate of drug-likeness (QED) is 0.837. The normalized spacial score (nSPS) is 23.2. The van der Waals surface area contributed by atoms with E-state index in [1.165, 1.54) is 9.75 Å². The molecule has 6 nitrogen and oxygen atoms in total. The van der Waals surface area contributed by atoms with Crippen molar-refractivity contribution in [3.63, 3.8) is 0 Å². The van der Waals surface area contributed by atoms with E-state index in [2.05, 4.69) is 29.3 Å². The van der Waals surface area contributed by atoms with Crippen molar-refractivity contribution >= 4 is 23.2 Å². The van der Waals surface area contributed by atoms with Crippen LogP contribution in [0.5, 0.6) is 5.75 Å². The molecular weight excluding hydrogens is 362 g/mol. The maximum absolute atomic E-state index is 12.9. The fourth-order valence-electron chi connectivity index (χ4n) is 3.80. The largest absolute Gasteiger partial charge is 0.508 e. The van der Waals surface area contributed by atoms with Crippen LogP contribution in [0.3, 0.4) is 0 Å². The molecule has 2 atom stereocenters. The molecule has 2 saturated heterocycles. The van der Waals surface area contributed by atoms with Gasteiger partial charge in [-0.2, -0.15) is 0 Å². The number of nitrogens with one attached hydrogen (secondary N) is 1.